The van der Waals surface area contributed by atoms with E-state index in [2.05, 4.69) is 33.4 Å². The zero-order chi connectivity index (χ0) is 11.2. The average Bonchev–Trinajstić information content (AvgIpc) is 2.39. The van der Waals surface area contributed by atoms with E-state index in [4.69, 9.17) is 0 Å². The van der Waals surface area contributed by atoms with Crippen LogP contribution in [-0.2, 0) is 0 Å². The number of benzene rings is 2. The van der Waals surface area contributed by atoms with Gasteiger partial charge in [0.15, 0.2) is 0 Å². The van der Waals surface area contributed by atoms with Crippen molar-refractivity contribution in [2.45, 2.75) is 0 Å². The van der Waals surface area contributed by atoms with Crippen LogP contribution in [0.3, 0.4) is 0 Å². The number of anilines is 1. The number of hydrogen-bond donors (Lipinski definition) is 0. The Labute approximate surface area is 97.6 Å². The Balaban J connectivity index is 2.16. The average molecular weight is 220 g/mol. The standard InChI is InChI=1S/C13H8N4/c1-3-9-4-2-6-11-12(9)10(5-1)15-13-16-14-7-8-17(11)13/h1-8H. The van der Waals surface area contributed by atoms with E-state index in [1.165, 1.54) is 10.8 Å². The van der Waals surface area contributed by atoms with E-state index < -0.39 is 0 Å². The molecule has 0 radical (unpaired) electrons. The third-order valence-electron chi connectivity index (χ3n) is 2.99. The van der Waals surface area contributed by atoms with Crippen molar-refractivity contribution in [3.63, 3.8) is 0 Å². The highest BCUT2D eigenvalue weighted by atomic mass is 15.4. The predicted molar refractivity (Wildman–Crippen MR) is 67.5 cm³/mol. The van der Waals surface area contributed by atoms with E-state index in [9.17, 15) is 0 Å². The molecule has 2 heterocycles. The Hall–Kier alpha value is -2.49. The Kier molecular flexibility index (Phi) is 1.53. The summed E-state index contributed by atoms with van der Waals surface area (Å²) < 4.78 is 0. The first kappa shape index (κ1) is 8.64. The van der Waals surface area contributed by atoms with Crippen LogP contribution in [0.4, 0.5) is 11.4 Å². The minimum absolute atomic E-state index is 0.624. The maximum absolute atomic E-state index is 4.52. The molecule has 0 saturated carbocycles. The van der Waals surface area contributed by atoms with Gasteiger partial charge in [0, 0.05) is 11.6 Å². The van der Waals surface area contributed by atoms with Gasteiger partial charge in [-0.2, -0.15) is 5.11 Å². The summed E-state index contributed by atoms with van der Waals surface area (Å²) in [5.74, 6) is 0.624. The molecule has 0 fully saturated rings. The molecule has 0 N–H and O–H groups in total. The molecule has 0 aliphatic carbocycles. The molecule has 4 nitrogen and oxygen atoms in total. The van der Waals surface area contributed by atoms with Crippen molar-refractivity contribution < 1.29 is 0 Å². The van der Waals surface area contributed by atoms with E-state index in [1.807, 2.05) is 29.3 Å². The topological polar surface area (TPSA) is 40.3 Å². The lowest BCUT2D eigenvalue weighted by Gasteiger charge is -2.26. The fraction of sp³-hybridized carbons (Fsp3) is 0. The van der Waals surface area contributed by atoms with Crippen molar-refractivity contribution in [3.8, 4) is 0 Å². The predicted octanol–water partition coefficient (Wildman–Crippen LogP) is 3.58. The summed E-state index contributed by atoms with van der Waals surface area (Å²) in [7, 11) is 0. The molecule has 4 heteroatoms. The van der Waals surface area contributed by atoms with Gasteiger partial charge in [0.05, 0.1) is 17.6 Å². The Bertz CT molecular complexity index is 707. The Morgan fingerprint density at radius 1 is 1.00 bits per heavy atom. The monoisotopic (exact) mass is 220 g/mol. The molecule has 2 aliphatic heterocycles. The van der Waals surface area contributed by atoms with Gasteiger partial charge in [-0.05, 0) is 17.5 Å². The largest absolute Gasteiger partial charge is 0.282 e. The van der Waals surface area contributed by atoms with Crippen LogP contribution in [0.1, 0.15) is 0 Å². The van der Waals surface area contributed by atoms with Crippen LogP contribution >= 0.6 is 0 Å². The third kappa shape index (κ3) is 1.09. The summed E-state index contributed by atoms with van der Waals surface area (Å²) in [6.45, 7) is 0. The first-order valence-corrected chi connectivity index (χ1v) is 5.41. The molecular formula is C13H8N4. The van der Waals surface area contributed by atoms with E-state index in [1.54, 1.807) is 6.20 Å². The van der Waals surface area contributed by atoms with Crippen LogP contribution in [0.5, 0.6) is 0 Å². The lowest BCUT2D eigenvalue weighted by atomic mass is 10.1. The molecule has 0 atom stereocenters. The lowest BCUT2D eigenvalue weighted by Crippen LogP contribution is -2.26. The summed E-state index contributed by atoms with van der Waals surface area (Å²) >= 11 is 0. The maximum atomic E-state index is 4.52. The number of guanidine groups is 1. The van der Waals surface area contributed by atoms with Crippen molar-refractivity contribution in [2.24, 2.45) is 15.2 Å². The highest BCUT2D eigenvalue weighted by molar-refractivity contribution is 6.15. The van der Waals surface area contributed by atoms with E-state index in [-0.39, 0.29) is 0 Å². The number of rotatable bonds is 0. The first-order chi connectivity index (χ1) is 8.43. The second kappa shape index (κ2) is 3.01. The fourth-order valence-corrected chi connectivity index (χ4v) is 2.26. The van der Waals surface area contributed by atoms with Crippen LogP contribution in [-0.4, -0.2) is 5.96 Å². The molecule has 0 bridgehead atoms. The van der Waals surface area contributed by atoms with Crippen LogP contribution in [0.25, 0.3) is 10.8 Å². The molecular weight excluding hydrogens is 212 g/mol. The highest BCUT2D eigenvalue weighted by Crippen LogP contribution is 2.39. The SMILES string of the molecule is C1=CN2C(=Nc3cccc4cccc2c34)N=N1. The smallest absolute Gasteiger partial charge is 0.254 e. The molecule has 2 aromatic rings. The van der Waals surface area contributed by atoms with Gasteiger partial charge in [-0.15, -0.1) is 5.11 Å². The van der Waals surface area contributed by atoms with Crippen molar-refractivity contribution in [3.05, 3.63) is 48.8 Å². The number of fused-ring (bicyclic) bond motifs is 2. The van der Waals surface area contributed by atoms with Crippen LogP contribution in [0.2, 0.25) is 0 Å². The van der Waals surface area contributed by atoms with Crippen molar-refractivity contribution >= 4 is 28.1 Å². The summed E-state index contributed by atoms with van der Waals surface area (Å²) in [5.41, 5.74) is 2.07. The van der Waals surface area contributed by atoms with Crippen molar-refractivity contribution in [2.75, 3.05) is 4.90 Å². The third-order valence-corrected chi connectivity index (χ3v) is 2.99. The van der Waals surface area contributed by atoms with Gasteiger partial charge in [0.2, 0.25) is 0 Å². The van der Waals surface area contributed by atoms with Gasteiger partial charge in [-0.25, -0.2) is 4.99 Å². The fourth-order valence-electron chi connectivity index (χ4n) is 2.26. The van der Waals surface area contributed by atoms with Gasteiger partial charge in [-0.1, -0.05) is 24.3 Å². The Morgan fingerprint density at radius 2 is 1.88 bits per heavy atom. The number of hydrogen-bond acceptors (Lipinski definition) is 4. The van der Waals surface area contributed by atoms with Gasteiger partial charge >= 0.3 is 0 Å². The van der Waals surface area contributed by atoms with Crippen molar-refractivity contribution in [1.82, 2.24) is 0 Å². The van der Waals surface area contributed by atoms with Crippen LogP contribution in [0.15, 0.2) is 64.0 Å². The second-order valence-electron chi connectivity index (χ2n) is 3.95. The van der Waals surface area contributed by atoms with Gasteiger partial charge in [0.1, 0.15) is 0 Å². The molecule has 2 aromatic carbocycles. The van der Waals surface area contributed by atoms with Gasteiger partial charge in [-0.3, -0.25) is 4.90 Å². The molecule has 4 rings (SSSR count). The van der Waals surface area contributed by atoms with Crippen LogP contribution in [0, 0.1) is 0 Å². The molecule has 2 aliphatic rings. The minimum atomic E-state index is 0.624. The van der Waals surface area contributed by atoms with Gasteiger partial charge < -0.3 is 0 Å². The first-order valence-electron chi connectivity index (χ1n) is 5.41. The summed E-state index contributed by atoms with van der Waals surface area (Å²) in [4.78, 5) is 6.48. The highest BCUT2D eigenvalue weighted by Gasteiger charge is 2.22. The maximum Gasteiger partial charge on any atom is 0.254 e. The zero-order valence-corrected chi connectivity index (χ0v) is 8.91. The normalized spacial score (nSPS) is 16.0. The lowest BCUT2D eigenvalue weighted by molar-refractivity contribution is 1.13. The van der Waals surface area contributed by atoms with Crippen LogP contribution < -0.4 is 4.90 Å². The summed E-state index contributed by atoms with van der Waals surface area (Å²) in [5, 5.41) is 10.3. The second-order valence-corrected chi connectivity index (χ2v) is 3.95. The van der Waals surface area contributed by atoms with Crippen molar-refractivity contribution in [1.29, 1.82) is 0 Å². The minimum Gasteiger partial charge on any atom is -0.282 e. The molecule has 0 spiro atoms. The molecule has 0 saturated heterocycles. The number of aliphatic imine (C=N–C) groups is 1. The van der Waals surface area contributed by atoms with E-state index >= 15 is 0 Å². The van der Waals surface area contributed by atoms with E-state index in [0.29, 0.717) is 5.96 Å². The molecule has 0 amide bonds. The zero-order valence-electron chi connectivity index (χ0n) is 8.91. The Morgan fingerprint density at radius 3 is 2.82 bits per heavy atom. The molecule has 17 heavy (non-hydrogen) atoms. The summed E-state index contributed by atoms with van der Waals surface area (Å²) in [6, 6.07) is 12.3. The van der Waals surface area contributed by atoms with E-state index in [0.717, 1.165) is 11.4 Å². The quantitative estimate of drug-likeness (QED) is 0.668. The molecule has 80 valence electrons. The number of nitrogens with zero attached hydrogens (tertiary/aromatic N) is 4. The van der Waals surface area contributed by atoms with Gasteiger partial charge in [0.25, 0.3) is 5.96 Å². The molecule has 0 aromatic heterocycles. The molecule has 0 unspecified atom stereocenters. The number of azo groups is 1. The summed E-state index contributed by atoms with van der Waals surface area (Å²) in [6.07, 6.45) is 3.56.